The van der Waals surface area contributed by atoms with Crippen molar-refractivity contribution in [3.05, 3.63) is 61.2 Å². The van der Waals surface area contributed by atoms with E-state index in [4.69, 9.17) is 14.2 Å². The van der Waals surface area contributed by atoms with E-state index in [1.807, 2.05) is 32.0 Å². The van der Waals surface area contributed by atoms with E-state index >= 15 is 0 Å². The van der Waals surface area contributed by atoms with Crippen LogP contribution in [-0.4, -0.2) is 101 Å². The van der Waals surface area contributed by atoms with E-state index in [1.54, 1.807) is 29.2 Å². The number of allylic oxidation sites excluding steroid dienone is 1. The molecule has 0 radical (unpaired) electrons. The molecule has 0 unspecified atom stereocenters. The van der Waals surface area contributed by atoms with E-state index in [9.17, 15) is 24.3 Å². The van der Waals surface area contributed by atoms with Gasteiger partial charge in [0.05, 0.1) is 37.2 Å². The molecule has 3 aliphatic rings. The SMILES string of the molecule is C=CCCC(=O)N[C@@H](COC)[C@@H](OC(=O)[C@@H]1[C@@H]2CC[C@]3(O2)[C@H](C(=O)N(CC=C)C(C)(C)CC(C)(C)C)N(CCO)C(=O)[C@@H]13)c1ccccc1. The first-order chi connectivity index (χ1) is 23.2. The van der Waals surface area contributed by atoms with Crippen LogP contribution in [0.3, 0.4) is 0 Å². The molecule has 3 amide bonds. The van der Waals surface area contributed by atoms with Crippen LogP contribution in [0.2, 0.25) is 0 Å². The van der Waals surface area contributed by atoms with Crippen molar-refractivity contribution >= 4 is 23.7 Å². The molecule has 3 heterocycles. The Morgan fingerprint density at radius 2 is 1.86 bits per heavy atom. The van der Waals surface area contributed by atoms with Crippen molar-refractivity contribution in [3.8, 4) is 0 Å². The highest BCUT2D eigenvalue weighted by molar-refractivity contribution is 5.98. The van der Waals surface area contributed by atoms with Crippen LogP contribution < -0.4 is 5.32 Å². The van der Waals surface area contributed by atoms with Gasteiger partial charge >= 0.3 is 5.97 Å². The predicted molar refractivity (Wildman–Crippen MR) is 185 cm³/mol. The number of aliphatic hydroxyl groups is 1. The first kappa shape index (κ1) is 38.3. The Morgan fingerprint density at radius 3 is 2.45 bits per heavy atom. The second kappa shape index (κ2) is 15.6. The molecule has 3 saturated heterocycles. The average molecular weight is 682 g/mol. The molecular formula is C38H55N3O8. The number of amides is 3. The van der Waals surface area contributed by atoms with Gasteiger partial charge in [0.2, 0.25) is 17.7 Å². The average Bonchev–Trinajstić information content (AvgIpc) is 3.67. The summed E-state index contributed by atoms with van der Waals surface area (Å²) in [6.07, 6.45) is 4.01. The van der Waals surface area contributed by atoms with Crippen molar-refractivity contribution in [1.29, 1.82) is 0 Å². The summed E-state index contributed by atoms with van der Waals surface area (Å²) in [6.45, 7) is 17.8. The molecule has 1 aromatic carbocycles. The number of likely N-dealkylation sites (tertiary alicyclic amines) is 1. The molecule has 2 N–H and O–H groups in total. The van der Waals surface area contributed by atoms with E-state index in [2.05, 4.69) is 39.2 Å². The molecule has 0 aliphatic carbocycles. The largest absolute Gasteiger partial charge is 0.455 e. The lowest BCUT2D eigenvalue weighted by Crippen LogP contribution is -2.61. The van der Waals surface area contributed by atoms with Crippen molar-refractivity contribution in [2.75, 3.05) is 33.4 Å². The van der Waals surface area contributed by atoms with E-state index in [-0.39, 0.29) is 50.0 Å². The summed E-state index contributed by atoms with van der Waals surface area (Å²) in [7, 11) is 1.50. The van der Waals surface area contributed by atoms with Crippen LogP contribution in [-0.2, 0) is 33.4 Å². The molecule has 3 fully saturated rings. The van der Waals surface area contributed by atoms with Gasteiger partial charge in [-0.15, -0.1) is 13.2 Å². The lowest BCUT2D eigenvalue weighted by Gasteiger charge is -2.45. The predicted octanol–water partition coefficient (Wildman–Crippen LogP) is 3.96. The Labute approximate surface area is 291 Å². The molecule has 11 heteroatoms. The molecule has 0 aromatic heterocycles. The topological polar surface area (TPSA) is 135 Å². The molecule has 0 saturated carbocycles. The number of hydrogen-bond donors (Lipinski definition) is 2. The maximum absolute atomic E-state index is 14.7. The van der Waals surface area contributed by atoms with Crippen molar-refractivity contribution < 1.29 is 38.5 Å². The number of rotatable bonds is 17. The Bertz CT molecular complexity index is 1370. The second-order valence-electron chi connectivity index (χ2n) is 15.3. The fraction of sp³-hybridized carbons (Fsp3) is 0.632. The third-order valence-electron chi connectivity index (χ3n) is 9.92. The molecule has 1 spiro atoms. The summed E-state index contributed by atoms with van der Waals surface area (Å²) >= 11 is 0. The maximum Gasteiger partial charge on any atom is 0.313 e. The summed E-state index contributed by atoms with van der Waals surface area (Å²) in [4.78, 5) is 59.4. The number of ether oxygens (including phenoxy) is 3. The van der Waals surface area contributed by atoms with E-state index in [1.165, 1.54) is 12.0 Å². The van der Waals surface area contributed by atoms with E-state index in [0.717, 1.165) is 0 Å². The second-order valence-corrected chi connectivity index (χ2v) is 15.3. The number of benzene rings is 1. The summed E-state index contributed by atoms with van der Waals surface area (Å²) in [5, 5.41) is 13.0. The van der Waals surface area contributed by atoms with E-state index < -0.39 is 59.1 Å². The highest BCUT2D eigenvalue weighted by Crippen LogP contribution is 2.59. The molecular weight excluding hydrogens is 626 g/mol. The number of nitrogens with one attached hydrogen (secondary N) is 1. The van der Waals surface area contributed by atoms with Gasteiger partial charge in [0.25, 0.3) is 0 Å². The molecule has 11 nitrogen and oxygen atoms in total. The number of aliphatic hydroxyl groups excluding tert-OH is 1. The fourth-order valence-corrected chi connectivity index (χ4v) is 8.48. The zero-order valence-corrected chi connectivity index (χ0v) is 30.0. The number of β-amino-alcohol motifs (C(OH)–C–C–N with tert-alkyl or cyclic N) is 1. The molecule has 2 bridgehead atoms. The summed E-state index contributed by atoms with van der Waals surface area (Å²) in [5.41, 5.74) is -1.31. The summed E-state index contributed by atoms with van der Waals surface area (Å²) < 4.78 is 18.3. The Balaban J connectivity index is 1.70. The van der Waals surface area contributed by atoms with Gasteiger partial charge in [-0.3, -0.25) is 19.2 Å². The number of fused-ring (bicyclic) bond motifs is 1. The number of carbonyl (C=O) groups excluding carboxylic acids is 4. The van der Waals surface area contributed by atoms with Crippen LogP contribution >= 0.6 is 0 Å². The zero-order chi connectivity index (χ0) is 36.1. The molecule has 7 atom stereocenters. The first-order valence-corrected chi connectivity index (χ1v) is 17.3. The van der Waals surface area contributed by atoms with Crippen molar-refractivity contribution in [2.45, 2.75) is 102 Å². The number of hydrogen-bond acceptors (Lipinski definition) is 8. The van der Waals surface area contributed by atoms with Gasteiger partial charge in [-0.2, -0.15) is 0 Å². The van der Waals surface area contributed by atoms with Gasteiger partial charge in [0, 0.05) is 32.2 Å². The Hall–Kier alpha value is -3.54. The van der Waals surface area contributed by atoms with Crippen molar-refractivity contribution in [3.63, 3.8) is 0 Å². The fourth-order valence-electron chi connectivity index (χ4n) is 8.48. The standard InChI is InChI=1S/C38H55N3O8/c1-9-11-17-28(43)39-26(23-47-8)31(25-15-13-12-14-16-25)48-35(46)29-27-18-19-38(49-27)30(29)33(44)40(21-22-42)32(38)34(45)41(20-10-2)37(6,7)24-36(3,4)5/h9-10,12-16,26-27,29-32,42H,1-2,11,17-24H2,3-8H3,(H,39,43)/t26-,27-,29+,30+,31-,32-,38+/m0/s1. The van der Waals surface area contributed by atoms with Gasteiger partial charge in [0.1, 0.15) is 17.7 Å². The molecule has 3 aliphatic heterocycles. The third-order valence-corrected chi connectivity index (χ3v) is 9.92. The lowest BCUT2D eigenvalue weighted by atomic mass is 9.70. The Morgan fingerprint density at radius 1 is 1.16 bits per heavy atom. The van der Waals surface area contributed by atoms with Gasteiger partial charge in [0.15, 0.2) is 0 Å². The molecule has 49 heavy (non-hydrogen) atoms. The van der Waals surface area contributed by atoms with Crippen molar-refractivity contribution in [2.24, 2.45) is 17.3 Å². The number of esters is 1. The van der Waals surface area contributed by atoms with Gasteiger partial charge < -0.3 is 34.4 Å². The monoisotopic (exact) mass is 681 g/mol. The minimum Gasteiger partial charge on any atom is -0.455 e. The summed E-state index contributed by atoms with van der Waals surface area (Å²) in [6, 6.07) is 7.33. The smallest absolute Gasteiger partial charge is 0.313 e. The normalized spacial score (nSPS) is 25.8. The maximum atomic E-state index is 14.7. The van der Waals surface area contributed by atoms with Gasteiger partial charge in [-0.25, -0.2) is 0 Å². The number of nitrogens with zero attached hydrogens (tertiary/aromatic N) is 2. The molecule has 4 rings (SSSR count). The van der Waals surface area contributed by atoms with Crippen LogP contribution in [0.5, 0.6) is 0 Å². The van der Waals surface area contributed by atoms with Crippen LogP contribution in [0.15, 0.2) is 55.6 Å². The minimum atomic E-state index is -1.26. The van der Waals surface area contributed by atoms with Crippen LogP contribution in [0, 0.1) is 17.3 Å². The van der Waals surface area contributed by atoms with Crippen LogP contribution in [0.4, 0.5) is 0 Å². The van der Waals surface area contributed by atoms with E-state index in [0.29, 0.717) is 31.2 Å². The van der Waals surface area contributed by atoms with Crippen molar-refractivity contribution in [1.82, 2.24) is 15.1 Å². The zero-order valence-electron chi connectivity index (χ0n) is 30.0. The van der Waals surface area contributed by atoms with Crippen LogP contribution in [0.1, 0.15) is 78.4 Å². The lowest BCUT2D eigenvalue weighted by molar-refractivity contribution is -0.163. The third kappa shape index (κ3) is 7.94. The number of carbonyl (C=O) groups is 4. The Kier molecular flexibility index (Phi) is 12.2. The van der Waals surface area contributed by atoms with Gasteiger partial charge in [-0.05, 0) is 50.5 Å². The summed E-state index contributed by atoms with van der Waals surface area (Å²) in [5.74, 6) is -3.56. The first-order valence-electron chi connectivity index (χ1n) is 17.3. The minimum absolute atomic E-state index is 0.0634. The van der Waals surface area contributed by atoms with Crippen LogP contribution in [0.25, 0.3) is 0 Å². The number of methoxy groups -OCH3 is 1. The quantitative estimate of drug-likeness (QED) is 0.187. The molecule has 270 valence electrons. The highest BCUT2D eigenvalue weighted by Gasteiger charge is 2.75. The highest BCUT2D eigenvalue weighted by atomic mass is 16.6. The van der Waals surface area contributed by atoms with Gasteiger partial charge in [-0.1, -0.05) is 63.3 Å². The molecule has 1 aromatic rings.